The molecule has 0 radical (unpaired) electrons. The van der Waals surface area contributed by atoms with E-state index in [0.717, 1.165) is 28.9 Å². The molecule has 28 heavy (non-hydrogen) atoms. The van der Waals surface area contributed by atoms with Gasteiger partial charge in [-0.05, 0) is 55.5 Å². The van der Waals surface area contributed by atoms with E-state index in [1.165, 1.54) is 0 Å². The second kappa shape index (κ2) is 11.1. The highest BCUT2D eigenvalue weighted by molar-refractivity contribution is 5.73. The van der Waals surface area contributed by atoms with Crippen molar-refractivity contribution in [1.29, 1.82) is 0 Å². The van der Waals surface area contributed by atoms with E-state index in [4.69, 9.17) is 14.2 Å². The number of ether oxygens (including phenoxy) is 3. The predicted molar refractivity (Wildman–Crippen MR) is 111 cm³/mol. The van der Waals surface area contributed by atoms with Crippen molar-refractivity contribution in [3.05, 3.63) is 53.1 Å². The highest BCUT2D eigenvalue weighted by atomic mass is 16.5. The number of carbonyl (C=O) groups excluding carboxylic acids is 1. The maximum absolute atomic E-state index is 11.9. The Morgan fingerprint density at radius 3 is 2.29 bits per heavy atom. The van der Waals surface area contributed by atoms with Gasteiger partial charge in [0.15, 0.2) is 11.5 Å². The standard InChI is InChI=1S/C22H30N2O4/c1-16-7-5-8-17(2)21(16)28-14-6-12-23-22(25)24-13-11-18-9-10-19(26-3)20(15-18)27-4/h5,7-10,15H,6,11-14H2,1-4H3,(H2,23,24,25). The summed E-state index contributed by atoms with van der Waals surface area (Å²) in [4.78, 5) is 11.9. The first-order valence-corrected chi connectivity index (χ1v) is 9.46. The van der Waals surface area contributed by atoms with Crippen LogP contribution in [0.25, 0.3) is 0 Å². The van der Waals surface area contributed by atoms with E-state index >= 15 is 0 Å². The van der Waals surface area contributed by atoms with Gasteiger partial charge in [-0.1, -0.05) is 24.3 Å². The van der Waals surface area contributed by atoms with E-state index in [2.05, 4.69) is 10.6 Å². The molecule has 2 rings (SSSR count). The number of methoxy groups -OCH3 is 2. The second-order valence-corrected chi connectivity index (χ2v) is 6.54. The third-order valence-electron chi connectivity index (χ3n) is 4.41. The van der Waals surface area contributed by atoms with Gasteiger partial charge in [-0.2, -0.15) is 0 Å². The zero-order chi connectivity index (χ0) is 20.4. The van der Waals surface area contributed by atoms with Gasteiger partial charge < -0.3 is 24.8 Å². The fourth-order valence-electron chi connectivity index (χ4n) is 2.89. The highest BCUT2D eigenvalue weighted by Crippen LogP contribution is 2.27. The summed E-state index contributed by atoms with van der Waals surface area (Å²) in [7, 11) is 3.22. The van der Waals surface area contributed by atoms with Gasteiger partial charge in [0.05, 0.1) is 20.8 Å². The van der Waals surface area contributed by atoms with E-state index in [9.17, 15) is 4.79 Å². The second-order valence-electron chi connectivity index (χ2n) is 6.54. The Kier molecular flexibility index (Phi) is 8.46. The molecule has 152 valence electrons. The zero-order valence-corrected chi connectivity index (χ0v) is 17.1. The van der Waals surface area contributed by atoms with E-state index in [-0.39, 0.29) is 6.03 Å². The highest BCUT2D eigenvalue weighted by Gasteiger charge is 2.06. The van der Waals surface area contributed by atoms with Crippen LogP contribution in [0.5, 0.6) is 17.2 Å². The van der Waals surface area contributed by atoms with Crippen LogP contribution in [0.3, 0.4) is 0 Å². The molecule has 6 nitrogen and oxygen atoms in total. The molecule has 0 unspecified atom stereocenters. The number of aryl methyl sites for hydroxylation is 2. The third kappa shape index (κ3) is 6.37. The molecule has 2 aromatic carbocycles. The largest absolute Gasteiger partial charge is 0.493 e. The molecular formula is C22H30N2O4. The van der Waals surface area contributed by atoms with Crippen LogP contribution in [0.15, 0.2) is 36.4 Å². The van der Waals surface area contributed by atoms with Crippen LogP contribution in [0.2, 0.25) is 0 Å². The maximum Gasteiger partial charge on any atom is 0.314 e. The van der Waals surface area contributed by atoms with Gasteiger partial charge in [-0.25, -0.2) is 4.79 Å². The van der Waals surface area contributed by atoms with Gasteiger partial charge in [0.1, 0.15) is 5.75 Å². The van der Waals surface area contributed by atoms with Crippen LogP contribution in [0.4, 0.5) is 4.79 Å². The molecule has 0 bridgehead atoms. The number of rotatable bonds is 10. The van der Waals surface area contributed by atoms with Crippen LogP contribution < -0.4 is 24.8 Å². The molecule has 0 aliphatic carbocycles. The van der Waals surface area contributed by atoms with Crippen molar-refractivity contribution in [2.45, 2.75) is 26.7 Å². The minimum absolute atomic E-state index is 0.174. The lowest BCUT2D eigenvalue weighted by molar-refractivity contribution is 0.239. The van der Waals surface area contributed by atoms with Crippen molar-refractivity contribution >= 4 is 6.03 Å². The number of para-hydroxylation sites is 1. The van der Waals surface area contributed by atoms with Crippen molar-refractivity contribution in [3.8, 4) is 17.2 Å². The fraction of sp³-hybridized carbons (Fsp3) is 0.409. The lowest BCUT2D eigenvalue weighted by atomic mass is 10.1. The minimum Gasteiger partial charge on any atom is -0.493 e. The molecule has 0 atom stereocenters. The molecular weight excluding hydrogens is 356 g/mol. The number of nitrogens with one attached hydrogen (secondary N) is 2. The molecule has 0 saturated heterocycles. The van der Waals surface area contributed by atoms with Crippen LogP contribution >= 0.6 is 0 Å². The number of amides is 2. The van der Waals surface area contributed by atoms with Crippen molar-refractivity contribution in [1.82, 2.24) is 10.6 Å². The van der Waals surface area contributed by atoms with Crippen LogP contribution in [0, 0.1) is 13.8 Å². The van der Waals surface area contributed by atoms with Gasteiger partial charge in [-0.15, -0.1) is 0 Å². The molecule has 2 amide bonds. The Morgan fingerprint density at radius 2 is 1.61 bits per heavy atom. The smallest absolute Gasteiger partial charge is 0.314 e. The van der Waals surface area contributed by atoms with Gasteiger partial charge in [-0.3, -0.25) is 0 Å². The third-order valence-corrected chi connectivity index (χ3v) is 4.41. The Balaban J connectivity index is 1.63. The van der Waals surface area contributed by atoms with E-state index in [0.29, 0.717) is 37.6 Å². The Bertz CT molecular complexity index is 757. The Morgan fingerprint density at radius 1 is 0.929 bits per heavy atom. The van der Waals surface area contributed by atoms with Crippen molar-refractivity contribution in [2.75, 3.05) is 33.9 Å². The summed E-state index contributed by atoms with van der Waals surface area (Å²) in [5.41, 5.74) is 3.32. The van der Waals surface area contributed by atoms with Crippen LogP contribution in [-0.4, -0.2) is 39.9 Å². The summed E-state index contributed by atoms with van der Waals surface area (Å²) in [6, 6.07) is 11.7. The van der Waals surface area contributed by atoms with Gasteiger partial charge in [0.2, 0.25) is 0 Å². The summed E-state index contributed by atoms with van der Waals surface area (Å²) in [6.45, 7) is 5.74. The van der Waals surface area contributed by atoms with Crippen LogP contribution in [0.1, 0.15) is 23.1 Å². The molecule has 0 saturated carbocycles. The van der Waals surface area contributed by atoms with E-state index in [1.807, 2.05) is 50.2 Å². The average Bonchev–Trinajstić information content (AvgIpc) is 2.69. The first-order valence-electron chi connectivity index (χ1n) is 9.46. The first-order chi connectivity index (χ1) is 13.5. The lowest BCUT2D eigenvalue weighted by Crippen LogP contribution is -2.37. The molecule has 6 heteroatoms. The SMILES string of the molecule is COc1ccc(CCNC(=O)NCCCOc2c(C)cccc2C)cc1OC. The average molecular weight is 386 g/mol. The van der Waals surface area contributed by atoms with Gasteiger partial charge >= 0.3 is 6.03 Å². The monoisotopic (exact) mass is 386 g/mol. The summed E-state index contributed by atoms with van der Waals surface area (Å²) in [6.07, 6.45) is 1.46. The molecule has 2 aromatic rings. The quantitative estimate of drug-likeness (QED) is 0.612. The Hall–Kier alpha value is -2.89. The summed E-state index contributed by atoms with van der Waals surface area (Å²) in [5, 5.41) is 5.71. The Labute approximate surface area is 167 Å². The zero-order valence-electron chi connectivity index (χ0n) is 17.1. The lowest BCUT2D eigenvalue weighted by Gasteiger charge is -2.12. The van der Waals surface area contributed by atoms with Gasteiger partial charge in [0, 0.05) is 13.1 Å². The number of hydrogen-bond acceptors (Lipinski definition) is 4. The summed E-state index contributed by atoms with van der Waals surface area (Å²) < 4.78 is 16.4. The van der Waals surface area contributed by atoms with E-state index in [1.54, 1.807) is 14.2 Å². The maximum atomic E-state index is 11.9. The molecule has 2 N–H and O–H groups in total. The molecule has 0 aliphatic heterocycles. The molecule has 0 spiro atoms. The molecule has 0 fully saturated rings. The van der Waals surface area contributed by atoms with Crippen LogP contribution in [-0.2, 0) is 6.42 Å². The number of hydrogen-bond donors (Lipinski definition) is 2. The minimum atomic E-state index is -0.174. The number of urea groups is 1. The summed E-state index contributed by atoms with van der Waals surface area (Å²) in [5.74, 6) is 2.32. The molecule has 0 aromatic heterocycles. The summed E-state index contributed by atoms with van der Waals surface area (Å²) >= 11 is 0. The normalized spacial score (nSPS) is 10.3. The topological polar surface area (TPSA) is 68.8 Å². The molecule has 0 aliphatic rings. The number of carbonyl (C=O) groups is 1. The first kappa shape index (κ1) is 21.4. The van der Waals surface area contributed by atoms with Crippen molar-refractivity contribution in [3.63, 3.8) is 0 Å². The van der Waals surface area contributed by atoms with E-state index < -0.39 is 0 Å². The van der Waals surface area contributed by atoms with Crippen molar-refractivity contribution < 1.29 is 19.0 Å². The number of benzene rings is 2. The predicted octanol–water partition coefficient (Wildman–Crippen LogP) is 3.63. The molecule has 0 heterocycles. The van der Waals surface area contributed by atoms with Crippen molar-refractivity contribution in [2.24, 2.45) is 0 Å². The fourth-order valence-corrected chi connectivity index (χ4v) is 2.89. The van der Waals surface area contributed by atoms with Gasteiger partial charge in [0.25, 0.3) is 0 Å².